The van der Waals surface area contributed by atoms with E-state index in [1.807, 2.05) is 0 Å². The van der Waals surface area contributed by atoms with Gasteiger partial charge in [0.1, 0.15) is 5.15 Å². The lowest BCUT2D eigenvalue weighted by molar-refractivity contribution is -0.419. The van der Waals surface area contributed by atoms with E-state index in [0.717, 1.165) is 12.1 Å². The summed E-state index contributed by atoms with van der Waals surface area (Å²) in [6.45, 7) is 0. The van der Waals surface area contributed by atoms with E-state index in [0.29, 0.717) is 18.4 Å². The number of nitrogens with zero attached hydrogens (tertiary/aromatic N) is 2. The summed E-state index contributed by atoms with van der Waals surface area (Å²) in [7, 11) is 0. The Morgan fingerprint density at radius 3 is 2.65 bits per heavy atom. The van der Waals surface area contributed by atoms with Crippen LogP contribution in [0.2, 0.25) is 5.15 Å². The predicted octanol–water partition coefficient (Wildman–Crippen LogP) is 4.09. The van der Waals surface area contributed by atoms with Crippen LogP contribution in [0.3, 0.4) is 0 Å². The average Bonchev–Trinajstić information content (AvgIpc) is 2.37. The van der Waals surface area contributed by atoms with Crippen molar-refractivity contribution in [3.8, 4) is 0 Å². The zero-order chi connectivity index (χ0) is 14.9. The molecule has 2 rings (SSSR count). The number of pyridine rings is 1. The highest BCUT2D eigenvalue weighted by Gasteiger charge is 2.32. The van der Waals surface area contributed by atoms with Crippen LogP contribution in [0.1, 0.15) is 24.1 Å². The third kappa shape index (κ3) is 3.16. The first-order chi connectivity index (χ1) is 9.27. The van der Waals surface area contributed by atoms with Crippen molar-refractivity contribution in [3.05, 3.63) is 56.5 Å². The summed E-state index contributed by atoms with van der Waals surface area (Å²) < 4.78 is 38.1. The van der Waals surface area contributed by atoms with E-state index in [9.17, 15) is 23.3 Å². The Morgan fingerprint density at radius 1 is 1.35 bits per heavy atom. The molecular weight excluding hydrogens is 297 g/mol. The van der Waals surface area contributed by atoms with Gasteiger partial charge < -0.3 is 0 Å². The van der Waals surface area contributed by atoms with Crippen molar-refractivity contribution in [1.29, 1.82) is 0 Å². The highest BCUT2D eigenvalue weighted by Crippen LogP contribution is 2.34. The fourth-order valence-corrected chi connectivity index (χ4v) is 2.05. The fraction of sp³-hybridized carbons (Fsp3) is 0.250. The maximum atomic E-state index is 12.7. The fourth-order valence-electron chi connectivity index (χ4n) is 1.84. The minimum absolute atomic E-state index is 0.0114. The van der Waals surface area contributed by atoms with Crippen LogP contribution in [0.15, 0.2) is 30.0 Å². The summed E-state index contributed by atoms with van der Waals surface area (Å²) in [5.41, 5.74) is -0.698. The van der Waals surface area contributed by atoms with E-state index >= 15 is 0 Å². The van der Waals surface area contributed by atoms with Gasteiger partial charge in [0.2, 0.25) is 0 Å². The highest BCUT2D eigenvalue weighted by molar-refractivity contribution is 6.29. The summed E-state index contributed by atoms with van der Waals surface area (Å²) in [6.07, 6.45) is -1.15. The van der Waals surface area contributed by atoms with Gasteiger partial charge in [-0.1, -0.05) is 11.6 Å². The Morgan fingerprint density at radius 2 is 2.05 bits per heavy atom. The van der Waals surface area contributed by atoms with Crippen molar-refractivity contribution in [1.82, 2.24) is 4.98 Å². The molecule has 0 saturated heterocycles. The minimum atomic E-state index is -4.54. The number of rotatable bonds is 2. The number of aromatic nitrogens is 1. The van der Waals surface area contributed by atoms with Crippen molar-refractivity contribution in [3.63, 3.8) is 0 Å². The van der Waals surface area contributed by atoms with E-state index in [1.165, 1.54) is 12.2 Å². The largest absolute Gasteiger partial charge is 0.416 e. The third-order valence-electron chi connectivity index (χ3n) is 2.75. The Labute approximate surface area is 116 Å². The van der Waals surface area contributed by atoms with Crippen molar-refractivity contribution < 1.29 is 18.1 Å². The second kappa shape index (κ2) is 5.24. The second-order valence-electron chi connectivity index (χ2n) is 4.16. The smallest absolute Gasteiger partial charge is 0.258 e. The van der Waals surface area contributed by atoms with Gasteiger partial charge in [-0.25, -0.2) is 4.98 Å². The van der Waals surface area contributed by atoms with Gasteiger partial charge in [-0.3, -0.25) is 10.1 Å². The van der Waals surface area contributed by atoms with E-state index in [-0.39, 0.29) is 16.5 Å². The number of nitro groups is 1. The molecule has 0 bridgehead atoms. The van der Waals surface area contributed by atoms with Gasteiger partial charge in [0, 0.05) is 6.08 Å². The topological polar surface area (TPSA) is 56.0 Å². The molecule has 0 aromatic carbocycles. The Kier molecular flexibility index (Phi) is 3.80. The van der Waals surface area contributed by atoms with E-state index in [1.54, 1.807) is 0 Å². The van der Waals surface area contributed by atoms with Gasteiger partial charge in [-0.05, 0) is 36.6 Å². The van der Waals surface area contributed by atoms with Gasteiger partial charge in [-0.2, -0.15) is 13.2 Å². The van der Waals surface area contributed by atoms with Gasteiger partial charge in [-0.15, -0.1) is 0 Å². The molecule has 1 aromatic heterocycles. The van der Waals surface area contributed by atoms with Crippen LogP contribution in [0, 0.1) is 10.1 Å². The Hall–Kier alpha value is -1.89. The van der Waals surface area contributed by atoms with Crippen molar-refractivity contribution >= 4 is 17.2 Å². The molecule has 0 saturated carbocycles. The molecule has 0 atom stereocenters. The number of hydrogen-bond donors (Lipinski definition) is 0. The van der Waals surface area contributed by atoms with Crippen molar-refractivity contribution in [2.24, 2.45) is 0 Å². The molecule has 20 heavy (non-hydrogen) atoms. The minimum Gasteiger partial charge on any atom is -0.258 e. The number of allylic oxidation sites excluding steroid dienone is 3. The van der Waals surface area contributed by atoms with Gasteiger partial charge in [0.15, 0.2) is 0 Å². The van der Waals surface area contributed by atoms with Gasteiger partial charge in [0.25, 0.3) is 5.70 Å². The molecule has 4 nitrogen and oxygen atoms in total. The molecule has 0 fully saturated rings. The lowest BCUT2D eigenvalue weighted by Gasteiger charge is -2.12. The molecule has 1 aliphatic rings. The maximum absolute atomic E-state index is 12.7. The second-order valence-corrected chi connectivity index (χ2v) is 4.54. The lowest BCUT2D eigenvalue weighted by Crippen LogP contribution is -2.08. The van der Waals surface area contributed by atoms with Crippen LogP contribution in [-0.2, 0) is 6.18 Å². The molecule has 0 amide bonds. The molecule has 0 N–H and O–H groups in total. The molecule has 0 aliphatic heterocycles. The summed E-state index contributed by atoms with van der Waals surface area (Å²) in [6, 6.07) is 1.57. The van der Waals surface area contributed by atoms with E-state index in [4.69, 9.17) is 11.6 Å². The van der Waals surface area contributed by atoms with Crippen LogP contribution in [-0.4, -0.2) is 9.91 Å². The first kappa shape index (κ1) is 14.5. The van der Waals surface area contributed by atoms with E-state index in [2.05, 4.69) is 4.98 Å². The van der Waals surface area contributed by atoms with Gasteiger partial charge in [0.05, 0.1) is 16.2 Å². The standard InChI is InChI=1S/C12H8ClF3N2O2/c13-11-6-8(12(14,15)16)5-10(17-11)7-2-1-3-9(4-7)18(19)20/h3-6H,1-2H2. The molecule has 1 heterocycles. The van der Waals surface area contributed by atoms with Crippen LogP contribution in [0.4, 0.5) is 13.2 Å². The molecule has 0 spiro atoms. The Balaban J connectivity index is 2.46. The lowest BCUT2D eigenvalue weighted by atomic mass is 9.99. The van der Waals surface area contributed by atoms with Gasteiger partial charge >= 0.3 is 6.18 Å². The van der Waals surface area contributed by atoms with E-state index < -0.39 is 16.7 Å². The monoisotopic (exact) mass is 304 g/mol. The summed E-state index contributed by atoms with van der Waals surface area (Å²) in [5, 5.41) is 10.4. The Bertz CT molecular complexity index is 624. The van der Waals surface area contributed by atoms with Crippen LogP contribution < -0.4 is 0 Å². The molecule has 0 radical (unpaired) electrons. The molecular formula is C12H8ClF3N2O2. The number of halogens is 4. The zero-order valence-corrected chi connectivity index (χ0v) is 10.7. The maximum Gasteiger partial charge on any atom is 0.416 e. The molecule has 8 heteroatoms. The summed E-state index contributed by atoms with van der Waals surface area (Å²) in [4.78, 5) is 13.9. The first-order valence-electron chi connectivity index (χ1n) is 5.57. The zero-order valence-electron chi connectivity index (χ0n) is 9.95. The number of alkyl halides is 3. The molecule has 1 aromatic rings. The highest BCUT2D eigenvalue weighted by atomic mass is 35.5. The molecule has 106 valence electrons. The van der Waals surface area contributed by atoms with Crippen LogP contribution in [0.25, 0.3) is 5.57 Å². The molecule has 1 aliphatic carbocycles. The van der Waals surface area contributed by atoms with Crippen LogP contribution >= 0.6 is 11.6 Å². The average molecular weight is 305 g/mol. The third-order valence-corrected chi connectivity index (χ3v) is 2.94. The predicted molar refractivity (Wildman–Crippen MR) is 66.5 cm³/mol. The first-order valence-corrected chi connectivity index (χ1v) is 5.95. The summed E-state index contributed by atoms with van der Waals surface area (Å²) in [5.74, 6) is 0. The SMILES string of the molecule is O=[N+]([O-])C1=CCCC(c2cc(C(F)(F)F)cc(Cl)n2)=C1. The molecule has 0 unspecified atom stereocenters. The van der Waals surface area contributed by atoms with Crippen LogP contribution in [0.5, 0.6) is 0 Å². The summed E-state index contributed by atoms with van der Waals surface area (Å²) >= 11 is 5.59. The van der Waals surface area contributed by atoms with Crippen molar-refractivity contribution in [2.45, 2.75) is 19.0 Å². The number of hydrogen-bond acceptors (Lipinski definition) is 3. The quantitative estimate of drug-likeness (QED) is 0.470. The normalized spacial score (nSPS) is 15.6. The van der Waals surface area contributed by atoms with Crippen molar-refractivity contribution in [2.75, 3.05) is 0 Å².